The van der Waals surface area contributed by atoms with E-state index in [-0.39, 0.29) is 11.9 Å². The monoisotopic (exact) mass is 495 g/mol. The number of hydrogen-bond acceptors (Lipinski definition) is 5. The maximum atomic E-state index is 12.8. The van der Waals surface area contributed by atoms with Gasteiger partial charge in [0, 0.05) is 48.3 Å². The molecular weight excluding hydrogens is 462 g/mol. The third-order valence-electron chi connectivity index (χ3n) is 6.92. The molecule has 0 spiro atoms. The topological polar surface area (TPSA) is 71.4 Å². The molecule has 3 aromatic carbocycles. The fourth-order valence-corrected chi connectivity index (χ4v) is 4.85. The van der Waals surface area contributed by atoms with Gasteiger partial charge in [0.2, 0.25) is 0 Å². The number of nitrogens with one attached hydrogen (secondary N) is 2. The molecule has 7 nitrogen and oxygen atoms in total. The van der Waals surface area contributed by atoms with Crippen molar-refractivity contribution in [1.29, 1.82) is 0 Å². The lowest BCUT2D eigenvalue weighted by Crippen LogP contribution is -2.43. The number of methoxy groups -OCH3 is 1. The van der Waals surface area contributed by atoms with Gasteiger partial charge in [-0.1, -0.05) is 36.4 Å². The molecule has 1 aliphatic rings. The molecule has 2 N–H and O–H groups in total. The number of para-hydroxylation sites is 2. The first-order chi connectivity index (χ1) is 18.1. The molecule has 1 aliphatic heterocycles. The Morgan fingerprint density at radius 1 is 0.973 bits per heavy atom. The lowest BCUT2D eigenvalue weighted by atomic mass is 10.0. The van der Waals surface area contributed by atoms with Crippen LogP contribution in [0.25, 0.3) is 5.69 Å². The number of hydrogen-bond donors (Lipinski definition) is 2. The second-order valence-electron chi connectivity index (χ2n) is 9.41. The average molecular weight is 496 g/mol. The summed E-state index contributed by atoms with van der Waals surface area (Å²) in [6.45, 7) is 4.11. The average Bonchev–Trinajstić information content (AvgIpc) is 3.45. The molecular formula is C30H33N5O2. The first-order valence-electron chi connectivity index (χ1n) is 12.8. The minimum Gasteiger partial charge on any atom is -0.496 e. The van der Waals surface area contributed by atoms with E-state index in [2.05, 4.69) is 52.0 Å². The maximum absolute atomic E-state index is 12.8. The van der Waals surface area contributed by atoms with Gasteiger partial charge in [0.15, 0.2) is 0 Å². The molecule has 5 rings (SSSR count). The lowest BCUT2D eigenvalue weighted by Gasteiger charge is -2.35. The molecule has 0 unspecified atom stereocenters. The zero-order valence-corrected chi connectivity index (χ0v) is 21.3. The van der Waals surface area contributed by atoms with E-state index < -0.39 is 0 Å². The van der Waals surface area contributed by atoms with Crippen molar-refractivity contribution in [3.8, 4) is 11.4 Å². The number of piperidine rings is 1. The standard InChI is InChI=1S/C30H33N5O2/c1-22(23-20-31-35(21-23)26-10-4-3-5-11-26)32-24-15-17-34(18-16-24)27-12-8-9-25(19-27)33-30(36)28-13-6-7-14-29(28)37-2/h3-14,19-22,24,32H,15-18H2,1-2H3,(H,33,36)/t22-/m1/s1. The highest BCUT2D eigenvalue weighted by Gasteiger charge is 2.22. The van der Waals surface area contributed by atoms with Crippen LogP contribution in [0.1, 0.15) is 41.7 Å². The second-order valence-corrected chi connectivity index (χ2v) is 9.41. The van der Waals surface area contributed by atoms with Gasteiger partial charge in [-0.3, -0.25) is 4.79 Å². The summed E-state index contributed by atoms with van der Waals surface area (Å²) in [4.78, 5) is 15.2. The van der Waals surface area contributed by atoms with Crippen LogP contribution in [0.5, 0.6) is 5.75 Å². The molecule has 7 heteroatoms. The van der Waals surface area contributed by atoms with Crippen LogP contribution in [0.15, 0.2) is 91.3 Å². The van der Waals surface area contributed by atoms with Gasteiger partial charge >= 0.3 is 0 Å². The number of anilines is 2. The Hall–Kier alpha value is -4.10. The second kappa shape index (κ2) is 11.3. The van der Waals surface area contributed by atoms with Gasteiger partial charge in [-0.05, 0) is 62.2 Å². The van der Waals surface area contributed by atoms with Crippen molar-refractivity contribution in [3.63, 3.8) is 0 Å². The van der Waals surface area contributed by atoms with Crippen LogP contribution < -0.4 is 20.3 Å². The SMILES string of the molecule is COc1ccccc1C(=O)Nc1cccc(N2CCC(N[C@H](C)c3cnn(-c4ccccc4)c3)CC2)c1. The first-order valence-corrected chi connectivity index (χ1v) is 12.8. The Balaban J connectivity index is 1.16. The maximum Gasteiger partial charge on any atom is 0.259 e. The summed E-state index contributed by atoms with van der Waals surface area (Å²) in [7, 11) is 1.57. The van der Waals surface area contributed by atoms with Crippen LogP contribution in [0.4, 0.5) is 11.4 Å². The van der Waals surface area contributed by atoms with Crippen molar-refractivity contribution in [3.05, 3.63) is 102 Å². The van der Waals surface area contributed by atoms with E-state index in [4.69, 9.17) is 4.74 Å². The van der Waals surface area contributed by atoms with E-state index in [1.54, 1.807) is 19.2 Å². The van der Waals surface area contributed by atoms with E-state index in [1.807, 2.05) is 59.4 Å². The van der Waals surface area contributed by atoms with Gasteiger partial charge in [-0.15, -0.1) is 0 Å². The summed E-state index contributed by atoms with van der Waals surface area (Å²) in [6.07, 6.45) is 6.15. The van der Waals surface area contributed by atoms with Crippen molar-refractivity contribution in [2.75, 3.05) is 30.4 Å². The van der Waals surface area contributed by atoms with Gasteiger partial charge in [0.1, 0.15) is 5.75 Å². The molecule has 1 amide bonds. The van der Waals surface area contributed by atoms with Crippen LogP contribution in [0, 0.1) is 0 Å². The number of carbonyl (C=O) groups excluding carboxylic acids is 1. The number of aromatic nitrogens is 2. The number of benzene rings is 3. The minimum absolute atomic E-state index is 0.179. The van der Waals surface area contributed by atoms with Gasteiger partial charge in [-0.25, -0.2) is 4.68 Å². The van der Waals surface area contributed by atoms with Crippen LogP contribution in [0.2, 0.25) is 0 Å². The zero-order valence-electron chi connectivity index (χ0n) is 21.3. The summed E-state index contributed by atoms with van der Waals surface area (Å²) in [5.74, 6) is 0.384. The number of amides is 1. The Kier molecular flexibility index (Phi) is 7.51. The van der Waals surface area contributed by atoms with Gasteiger partial charge in [0.05, 0.1) is 24.6 Å². The van der Waals surface area contributed by atoms with E-state index in [0.29, 0.717) is 17.4 Å². The van der Waals surface area contributed by atoms with Crippen LogP contribution in [-0.4, -0.2) is 41.9 Å². The molecule has 0 bridgehead atoms. The fourth-order valence-electron chi connectivity index (χ4n) is 4.85. The van der Waals surface area contributed by atoms with Crippen molar-refractivity contribution in [2.24, 2.45) is 0 Å². The molecule has 0 aliphatic carbocycles. The van der Waals surface area contributed by atoms with Crippen molar-refractivity contribution in [1.82, 2.24) is 15.1 Å². The molecule has 37 heavy (non-hydrogen) atoms. The van der Waals surface area contributed by atoms with Crippen molar-refractivity contribution < 1.29 is 9.53 Å². The highest BCUT2D eigenvalue weighted by Crippen LogP contribution is 2.26. The van der Waals surface area contributed by atoms with Crippen LogP contribution in [0.3, 0.4) is 0 Å². The molecule has 1 aromatic heterocycles. The molecule has 0 saturated carbocycles. The summed E-state index contributed by atoms with van der Waals surface area (Å²) >= 11 is 0. The molecule has 1 fully saturated rings. The summed E-state index contributed by atoms with van der Waals surface area (Å²) in [6, 6.07) is 26.2. The normalized spacial score (nSPS) is 14.8. The van der Waals surface area contributed by atoms with Gasteiger partial charge < -0.3 is 20.3 Å². The summed E-state index contributed by atoms with van der Waals surface area (Å²) in [5, 5.41) is 11.3. The molecule has 1 atom stereocenters. The molecule has 1 saturated heterocycles. The fraction of sp³-hybridized carbons (Fsp3) is 0.267. The van der Waals surface area contributed by atoms with Crippen molar-refractivity contribution >= 4 is 17.3 Å². The number of rotatable bonds is 8. The predicted molar refractivity (Wildman–Crippen MR) is 148 cm³/mol. The van der Waals surface area contributed by atoms with E-state index in [9.17, 15) is 4.79 Å². The lowest BCUT2D eigenvalue weighted by molar-refractivity contribution is 0.102. The molecule has 2 heterocycles. The highest BCUT2D eigenvalue weighted by molar-refractivity contribution is 6.06. The van der Waals surface area contributed by atoms with Crippen molar-refractivity contribution in [2.45, 2.75) is 31.8 Å². The van der Waals surface area contributed by atoms with E-state index in [1.165, 1.54) is 5.56 Å². The third kappa shape index (κ3) is 5.84. The summed E-state index contributed by atoms with van der Waals surface area (Å²) in [5.41, 5.74) is 4.66. The predicted octanol–water partition coefficient (Wildman–Crippen LogP) is 5.45. The van der Waals surface area contributed by atoms with Crippen LogP contribution >= 0.6 is 0 Å². The minimum atomic E-state index is -0.179. The van der Waals surface area contributed by atoms with Gasteiger partial charge in [0.25, 0.3) is 5.91 Å². The Bertz CT molecular complexity index is 1330. The molecule has 190 valence electrons. The van der Waals surface area contributed by atoms with Crippen LogP contribution in [-0.2, 0) is 0 Å². The third-order valence-corrected chi connectivity index (χ3v) is 6.92. The number of nitrogens with zero attached hydrogens (tertiary/aromatic N) is 3. The quantitative estimate of drug-likeness (QED) is 0.340. The Labute approximate surface area is 218 Å². The zero-order chi connectivity index (χ0) is 25.6. The molecule has 4 aromatic rings. The Morgan fingerprint density at radius 3 is 2.49 bits per heavy atom. The number of ether oxygens (including phenoxy) is 1. The Morgan fingerprint density at radius 2 is 1.70 bits per heavy atom. The van der Waals surface area contributed by atoms with E-state index >= 15 is 0 Å². The smallest absolute Gasteiger partial charge is 0.259 e. The summed E-state index contributed by atoms with van der Waals surface area (Å²) < 4.78 is 7.26. The number of carbonyl (C=O) groups is 1. The largest absolute Gasteiger partial charge is 0.496 e. The first kappa shape index (κ1) is 24.6. The molecule has 0 radical (unpaired) electrons. The van der Waals surface area contributed by atoms with E-state index in [0.717, 1.165) is 43.0 Å². The highest BCUT2D eigenvalue weighted by atomic mass is 16.5. The van der Waals surface area contributed by atoms with Gasteiger partial charge in [-0.2, -0.15) is 5.10 Å².